The molecule has 0 unspecified atom stereocenters. The molecule has 188 valence electrons. The minimum absolute atomic E-state index is 0.174. The first-order valence-electron chi connectivity index (χ1n) is 11.0. The lowest BCUT2D eigenvalue weighted by molar-refractivity contribution is -0.486. The predicted molar refractivity (Wildman–Crippen MR) is 137 cm³/mol. The molecule has 11 heteroatoms. The standard InChI is InChI=1S/C25H24BrN2O7P/c1-33-36(32,34-2)35-25(21(17-28(30)31)19-12-6-8-14-22(19)26)20-13-7-9-15-23(20)27(24(25)29)16-18-10-4-3-5-11-18/h3-15,21H,16-17H2,1-2H3/t21-,25-/m0/s1. The SMILES string of the molecule is COP(=O)(OC)O[C@@]1([C@@H](C[N+](=O)[O-])c2ccccc2Br)C(=O)N(Cc2ccccc2)c2ccccc21. The zero-order chi connectivity index (χ0) is 25.9. The number of benzene rings is 3. The van der Waals surface area contributed by atoms with Crippen molar-refractivity contribution in [3.63, 3.8) is 0 Å². The van der Waals surface area contributed by atoms with E-state index in [0.717, 1.165) is 19.8 Å². The summed E-state index contributed by atoms with van der Waals surface area (Å²) in [5, 5.41) is 12.0. The van der Waals surface area contributed by atoms with Crippen LogP contribution in [-0.2, 0) is 35.1 Å². The number of para-hydroxylation sites is 1. The predicted octanol–water partition coefficient (Wildman–Crippen LogP) is 5.67. The molecule has 0 bridgehead atoms. The summed E-state index contributed by atoms with van der Waals surface area (Å²) in [5.74, 6) is -1.79. The van der Waals surface area contributed by atoms with Crippen LogP contribution in [0.25, 0.3) is 0 Å². The third kappa shape index (κ3) is 4.75. The van der Waals surface area contributed by atoms with Crippen LogP contribution in [0.4, 0.5) is 5.69 Å². The van der Waals surface area contributed by atoms with Gasteiger partial charge in [0.25, 0.3) is 5.91 Å². The first-order chi connectivity index (χ1) is 17.3. The molecule has 0 saturated carbocycles. The summed E-state index contributed by atoms with van der Waals surface area (Å²) >= 11 is 3.47. The van der Waals surface area contributed by atoms with Crippen LogP contribution < -0.4 is 4.90 Å². The lowest BCUT2D eigenvalue weighted by atomic mass is 9.78. The molecule has 1 aliphatic rings. The molecular formula is C25H24BrN2O7P. The largest absolute Gasteiger partial charge is 0.475 e. The number of phosphoric ester groups is 1. The number of phosphoric acid groups is 1. The summed E-state index contributed by atoms with van der Waals surface area (Å²) in [4.78, 5) is 27.4. The van der Waals surface area contributed by atoms with Crippen LogP contribution in [0.15, 0.2) is 83.3 Å². The van der Waals surface area contributed by atoms with E-state index in [4.69, 9.17) is 13.6 Å². The van der Waals surface area contributed by atoms with Crippen molar-refractivity contribution < 1.29 is 27.9 Å². The van der Waals surface area contributed by atoms with Gasteiger partial charge in [0, 0.05) is 29.2 Å². The maximum Gasteiger partial charge on any atom is 0.475 e. The first-order valence-corrected chi connectivity index (χ1v) is 13.2. The molecule has 1 amide bonds. The number of carbonyl (C=O) groups excluding carboxylic acids is 1. The fraction of sp³-hybridized carbons (Fsp3) is 0.240. The van der Waals surface area contributed by atoms with Crippen molar-refractivity contribution in [2.45, 2.75) is 18.1 Å². The molecule has 0 N–H and O–H groups in total. The molecule has 3 aromatic carbocycles. The van der Waals surface area contributed by atoms with Gasteiger partial charge in [0.15, 0.2) is 5.60 Å². The summed E-state index contributed by atoms with van der Waals surface area (Å²) in [6.45, 7) is -0.511. The fourth-order valence-electron chi connectivity index (χ4n) is 4.54. The molecule has 1 heterocycles. The molecule has 1 aliphatic heterocycles. The molecule has 0 aliphatic carbocycles. The van der Waals surface area contributed by atoms with E-state index in [9.17, 15) is 19.5 Å². The van der Waals surface area contributed by atoms with Crippen LogP contribution in [0.1, 0.15) is 22.6 Å². The Morgan fingerprint density at radius 1 is 1.00 bits per heavy atom. The van der Waals surface area contributed by atoms with Gasteiger partial charge < -0.3 is 4.90 Å². The van der Waals surface area contributed by atoms with E-state index in [0.29, 0.717) is 21.3 Å². The van der Waals surface area contributed by atoms with Gasteiger partial charge in [-0.2, -0.15) is 0 Å². The van der Waals surface area contributed by atoms with Crippen molar-refractivity contribution >= 4 is 35.3 Å². The molecule has 0 spiro atoms. The van der Waals surface area contributed by atoms with Crippen LogP contribution in [0, 0.1) is 10.1 Å². The Hall–Kier alpha value is -2.88. The van der Waals surface area contributed by atoms with E-state index in [1.54, 1.807) is 48.5 Å². The highest BCUT2D eigenvalue weighted by molar-refractivity contribution is 9.10. The van der Waals surface area contributed by atoms with Gasteiger partial charge in [0.1, 0.15) is 0 Å². The minimum atomic E-state index is -4.32. The van der Waals surface area contributed by atoms with Crippen molar-refractivity contribution in [1.29, 1.82) is 0 Å². The Balaban J connectivity index is 2.00. The normalized spacial score (nSPS) is 18.2. The fourth-order valence-corrected chi connectivity index (χ4v) is 6.05. The topological polar surface area (TPSA) is 108 Å². The number of fused-ring (bicyclic) bond motifs is 1. The number of rotatable bonds is 10. The Morgan fingerprint density at radius 3 is 2.25 bits per heavy atom. The summed E-state index contributed by atoms with van der Waals surface area (Å²) in [7, 11) is -2.05. The number of carbonyl (C=O) groups is 1. The van der Waals surface area contributed by atoms with Crippen LogP contribution in [0.5, 0.6) is 0 Å². The van der Waals surface area contributed by atoms with Gasteiger partial charge in [0.2, 0.25) is 6.54 Å². The highest BCUT2D eigenvalue weighted by Crippen LogP contribution is 2.61. The van der Waals surface area contributed by atoms with Crippen molar-refractivity contribution in [2.75, 3.05) is 25.7 Å². The lowest BCUT2D eigenvalue weighted by Crippen LogP contribution is -2.48. The summed E-state index contributed by atoms with van der Waals surface area (Å²) in [6, 6.07) is 23.0. The minimum Gasteiger partial charge on any atom is -0.305 e. The number of amides is 1. The van der Waals surface area contributed by atoms with Gasteiger partial charge in [-0.1, -0.05) is 82.7 Å². The Morgan fingerprint density at radius 2 is 1.61 bits per heavy atom. The smallest absolute Gasteiger partial charge is 0.305 e. The van der Waals surface area contributed by atoms with Crippen LogP contribution in [-0.4, -0.2) is 31.6 Å². The van der Waals surface area contributed by atoms with Gasteiger partial charge in [-0.15, -0.1) is 0 Å². The van der Waals surface area contributed by atoms with E-state index in [1.807, 2.05) is 30.3 Å². The van der Waals surface area contributed by atoms with Crippen LogP contribution in [0.2, 0.25) is 0 Å². The molecule has 3 aromatic rings. The van der Waals surface area contributed by atoms with Crippen molar-refractivity contribution in [1.82, 2.24) is 0 Å². The Bertz CT molecular complexity index is 1310. The second-order valence-corrected chi connectivity index (χ2v) is 10.8. The van der Waals surface area contributed by atoms with E-state index in [1.165, 1.54) is 4.90 Å². The van der Waals surface area contributed by atoms with E-state index < -0.39 is 36.7 Å². The third-order valence-corrected chi connectivity index (χ3v) is 8.28. The number of nitro groups is 1. The highest BCUT2D eigenvalue weighted by atomic mass is 79.9. The molecule has 0 radical (unpaired) electrons. The van der Waals surface area contributed by atoms with Gasteiger partial charge >= 0.3 is 7.82 Å². The summed E-state index contributed by atoms with van der Waals surface area (Å²) < 4.78 is 30.2. The van der Waals surface area contributed by atoms with Crippen molar-refractivity contribution in [3.05, 3.63) is 110 Å². The van der Waals surface area contributed by atoms with Gasteiger partial charge in [0.05, 0.1) is 18.2 Å². The molecular weight excluding hydrogens is 551 g/mol. The van der Waals surface area contributed by atoms with Crippen molar-refractivity contribution in [3.8, 4) is 0 Å². The number of nitrogens with zero attached hydrogens (tertiary/aromatic N) is 2. The van der Waals surface area contributed by atoms with Gasteiger partial charge in [-0.25, -0.2) is 4.57 Å². The molecule has 0 saturated heterocycles. The van der Waals surface area contributed by atoms with E-state index >= 15 is 0 Å². The molecule has 2 atom stereocenters. The highest BCUT2D eigenvalue weighted by Gasteiger charge is 2.62. The monoisotopic (exact) mass is 574 g/mol. The number of anilines is 1. The lowest BCUT2D eigenvalue weighted by Gasteiger charge is -2.36. The number of hydrogen-bond donors (Lipinski definition) is 0. The van der Waals surface area contributed by atoms with Crippen LogP contribution >= 0.6 is 23.8 Å². The summed E-state index contributed by atoms with van der Waals surface area (Å²) in [6.07, 6.45) is 0. The average molecular weight is 575 g/mol. The Kier molecular flexibility index (Phi) is 7.73. The van der Waals surface area contributed by atoms with Gasteiger partial charge in [-0.3, -0.25) is 28.5 Å². The number of halogens is 1. The first kappa shape index (κ1) is 26.2. The maximum absolute atomic E-state index is 14.4. The zero-order valence-electron chi connectivity index (χ0n) is 19.6. The van der Waals surface area contributed by atoms with E-state index in [-0.39, 0.29) is 6.54 Å². The zero-order valence-corrected chi connectivity index (χ0v) is 22.1. The second kappa shape index (κ2) is 10.6. The molecule has 36 heavy (non-hydrogen) atoms. The Labute approximate surface area is 216 Å². The molecule has 4 rings (SSSR count). The third-order valence-electron chi connectivity index (χ3n) is 6.15. The van der Waals surface area contributed by atoms with Crippen LogP contribution in [0.3, 0.4) is 0 Å². The molecule has 0 fully saturated rings. The molecule has 9 nitrogen and oxygen atoms in total. The summed E-state index contributed by atoms with van der Waals surface area (Å²) in [5.41, 5.74) is 0.0278. The second-order valence-electron chi connectivity index (χ2n) is 8.12. The van der Waals surface area contributed by atoms with Crippen molar-refractivity contribution in [2.24, 2.45) is 0 Å². The van der Waals surface area contributed by atoms with Gasteiger partial charge in [-0.05, 0) is 23.3 Å². The molecule has 0 aromatic heterocycles. The maximum atomic E-state index is 14.4. The quantitative estimate of drug-likeness (QED) is 0.174. The number of hydrogen-bond acceptors (Lipinski definition) is 7. The average Bonchev–Trinajstić information content (AvgIpc) is 3.11. The van der Waals surface area contributed by atoms with E-state index in [2.05, 4.69) is 15.9 Å².